The van der Waals surface area contributed by atoms with E-state index in [0.29, 0.717) is 18.8 Å². The molecule has 0 spiro atoms. The summed E-state index contributed by atoms with van der Waals surface area (Å²) in [5.41, 5.74) is 9.88. The number of hydrogen-bond donors (Lipinski definition) is 1. The fraction of sp³-hybridized carbons (Fsp3) is 0.263. The Balaban J connectivity index is 1.74. The van der Waals surface area contributed by atoms with Crippen LogP contribution in [0.15, 0.2) is 34.7 Å². The second kappa shape index (κ2) is 5.66. The number of aryl methyl sites for hydroxylation is 1. The Morgan fingerprint density at radius 1 is 1.19 bits per heavy atom. The van der Waals surface area contributed by atoms with Gasteiger partial charge in [0.2, 0.25) is 0 Å². The van der Waals surface area contributed by atoms with Crippen molar-refractivity contribution < 1.29 is 13.9 Å². The molecule has 0 bridgehead atoms. The number of benzene rings is 2. The lowest BCUT2D eigenvalue weighted by atomic mass is 10.2. The van der Waals surface area contributed by atoms with E-state index in [1.54, 1.807) is 0 Å². The molecule has 0 saturated carbocycles. The third-order valence-electron chi connectivity index (χ3n) is 4.54. The standard InChI is InChI=1S/C19H18N4O3/c1-2-24-12-9-14-17-16(10-12)25-7-3-6-23(17)18(21-14)11-4-5-15-13(8-11)22-19(20)26-15/h4-5,8-10H,2-3,6-7H2,1H3,(H2,20,22). The van der Waals surface area contributed by atoms with Gasteiger partial charge >= 0.3 is 0 Å². The van der Waals surface area contributed by atoms with Gasteiger partial charge < -0.3 is 24.2 Å². The maximum atomic E-state index is 5.95. The Labute approximate surface area is 149 Å². The van der Waals surface area contributed by atoms with E-state index >= 15 is 0 Å². The quantitative estimate of drug-likeness (QED) is 0.607. The van der Waals surface area contributed by atoms with E-state index in [2.05, 4.69) is 9.55 Å². The molecule has 0 aliphatic carbocycles. The first kappa shape index (κ1) is 15.1. The van der Waals surface area contributed by atoms with Gasteiger partial charge in [-0.25, -0.2) is 4.98 Å². The predicted octanol–water partition coefficient (Wildman–Crippen LogP) is 3.61. The minimum Gasteiger partial charge on any atom is -0.494 e. The van der Waals surface area contributed by atoms with Crippen molar-refractivity contribution in [2.45, 2.75) is 19.9 Å². The van der Waals surface area contributed by atoms with Crippen molar-refractivity contribution in [3.8, 4) is 22.9 Å². The molecule has 0 unspecified atom stereocenters. The maximum absolute atomic E-state index is 5.95. The molecule has 26 heavy (non-hydrogen) atoms. The number of ether oxygens (including phenoxy) is 2. The topological polar surface area (TPSA) is 88.3 Å². The molecule has 7 heteroatoms. The highest BCUT2D eigenvalue weighted by Gasteiger charge is 2.21. The van der Waals surface area contributed by atoms with Crippen LogP contribution < -0.4 is 15.2 Å². The molecule has 1 aliphatic heterocycles. The van der Waals surface area contributed by atoms with Gasteiger partial charge in [0.15, 0.2) is 5.58 Å². The number of nitrogens with zero attached hydrogens (tertiary/aromatic N) is 3. The lowest BCUT2D eigenvalue weighted by Crippen LogP contribution is -2.01. The summed E-state index contributed by atoms with van der Waals surface area (Å²) in [4.78, 5) is 9.09. The molecule has 0 atom stereocenters. The van der Waals surface area contributed by atoms with E-state index in [1.165, 1.54) is 0 Å². The summed E-state index contributed by atoms with van der Waals surface area (Å²) in [5.74, 6) is 2.46. The van der Waals surface area contributed by atoms with Crippen LogP contribution in [0.4, 0.5) is 6.01 Å². The number of nitrogen functional groups attached to an aromatic ring is 1. The van der Waals surface area contributed by atoms with Crippen molar-refractivity contribution in [2.75, 3.05) is 18.9 Å². The second-order valence-corrected chi connectivity index (χ2v) is 6.25. The van der Waals surface area contributed by atoms with Crippen molar-refractivity contribution in [3.05, 3.63) is 30.3 Å². The molecular weight excluding hydrogens is 332 g/mol. The number of aromatic nitrogens is 3. The van der Waals surface area contributed by atoms with Gasteiger partial charge in [-0.05, 0) is 31.5 Å². The number of fused-ring (bicyclic) bond motifs is 1. The molecule has 2 aromatic carbocycles. The summed E-state index contributed by atoms with van der Waals surface area (Å²) in [6, 6.07) is 9.88. The Hall–Kier alpha value is -3.22. The minimum absolute atomic E-state index is 0.167. The lowest BCUT2D eigenvalue weighted by molar-refractivity contribution is 0.309. The molecule has 0 saturated heterocycles. The first-order valence-corrected chi connectivity index (χ1v) is 8.69. The van der Waals surface area contributed by atoms with Crippen molar-refractivity contribution in [1.82, 2.24) is 14.5 Å². The summed E-state index contributed by atoms with van der Waals surface area (Å²) in [6.07, 6.45) is 0.913. The van der Waals surface area contributed by atoms with Crippen molar-refractivity contribution in [3.63, 3.8) is 0 Å². The van der Waals surface area contributed by atoms with E-state index in [4.69, 9.17) is 24.6 Å². The minimum atomic E-state index is 0.167. The third kappa shape index (κ3) is 2.28. The number of oxazole rings is 1. The lowest BCUT2D eigenvalue weighted by Gasteiger charge is -2.08. The summed E-state index contributed by atoms with van der Waals surface area (Å²) < 4.78 is 19.2. The number of rotatable bonds is 3. The van der Waals surface area contributed by atoms with Crippen LogP contribution in [-0.4, -0.2) is 27.7 Å². The molecule has 2 N–H and O–H groups in total. The van der Waals surface area contributed by atoms with Crippen LogP contribution in [0.2, 0.25) is 0 Å². The zero-order valence-electron chi connectivity index (χ0n) is 14.4. The largest absolute Gasteiger partial charge is 0.494 e. The van der Waals surface area contributed by atoms with E-state index < -0.39 is 0 Å². The van der Waals surface area contributed by atoms with E-state index in [1.807, 2.05) is 37.3 Å². The molecular formula is C19H18N4O3. The summed E-state index contributed by atoms with van der Waals surface area (Å²) >= 11 is 0. The van der Waals surface area contributed by atoms with Gasteiger partial charge in [0, 0.05) is 24.2 Å². The third-order valence-corrected chi connectivity index (χ3v) is 4.54. The zero-order valence-corrected chi connectivity index (χ0v) is 14.4. The fourth-order valence-corrected chi connectivity index (χ4v) is 3.49. The first-order valence-electron chi connectivity index (χ1n) is 8.69. The van der Waals surface area contributed by atoms with Crippen molar-refractivity contribution in [2.24, 2.45) is 0 Å². The number of hydrogen-bond acceptors (Lipinski definition) is 6. The molecule has 4 aromatic rings. The van der Waals surface area contributed by atoms with Crippen LogP contribution >= 0.6 is 0 Å². The number of anilines is 1. The van der Waals surface area contributed by atoms with Gasteiger partial charge in [-0.2, -0.15) is 4.98 Å². The molecule has 0 radical (unpaired) electrons. The van der Waals surface area contributed by atoms with Crippen LogP contribution in [0.1, 0.15) is 13.3 Å². The van der Waals surface area contributed by atoms with Crippen LogP contribution in [0, 0.1) is 0 Å². The van der Waals surface area contributed by atoms with Gasteiger partial charge in [-0.3, -0.25) is 0 Å². The highest BCUT2D eigenvalue weighted by Crippen LogP contribution is 2.37. The fourth-order valence-electron chi connectivity index (χ4n) is 3.49. The SMILES string of the molecule is CCOc1cc2c3c(c1)nc(-c1ccc4oc(N)nc4c1)n3CCCO2. The monoisotopic (exact) mass is 350 g/mol. The van der Waals surface area contributed by atoms with Crippen LogP contribution in [-0.2, 0) is 6.54 Å². The number of nitrogens with two attached hydrogens (primary N) is 1. The van der Waals surface area contributed by atoms with Crippen LogP contribution in [0.25, 0.3) is 33.5 Å². The van der Waals surface area contributed by atoms with Crippen molar-refractivity contribution >= 4 is 28.1 Å². The average molecular weight is 350 g/mol. The molecule has 3 heterocycles. The zero-order chi connectivity index (χ0) is 17.7. The van der Waals surface area contributed by atoms with Crippen LogP contribution in [0.5, 0.6) is 11.5 Å². The summed E-state index contributed by atoms with van der Waals surface area (Å²) in [5, 5.41) is 0. The normalized spacial score (nSPS) is 13.7. The average Bonchev–Trinajstić information content (AvgIpc) is 3.09. The Morgan fingerprint density at radius 3 is 3.00 bits per heavy atom. The van der Waals surface area contributed by atoms with Gasteiger partial charge in [0.25, 0.3) is 6.01 Å². The molecule has 1 aliphatic rings. The van der Waals surface area contributed by atoms with Crippen LogP contribution in [0.3, 0.4) is 0 Å². The first-order chi connectivity index (χ1) is 12.7. The maximum Gasteiger partial charge on any atom is 0.292 e. The molecule has 0 amide bonds. The van der Waals surface area contributed by atoms with Gasteiger partial charge in [0.05, 0.1) is 18.7 Å². The van der Waals surface area contributed by atoms with E-state index in [0.717, 1.165) is 52.4 Å². The highest BCUT2D eigenvalue weighted by molar-refractivity contribution is 5.89. The number of imidazole rings is 1. The molecule has 5 rings (SSSR count). The Bertz CT molecular complexity index is 1130. The Kier molecular flexibility index (Phi) is 3.28. The molecule has 2 aromatic heterocycles. The Morgan fingerprint density at radius 2 is 2.12 bits per heavy atom. The highest BCUT2D eigenvalue weighted by atomic mass is 16.5. The smallest absolute Gasteiger partial charge is 0.292 e. The second-order valence-electron chi connectivity index (χ2n) is 6.25. The van der Waals surface area contributed by atoms with Crippen molar-refractivity contribution in [1.29, 1.82) is 0 Å². The van der Waals surface area contributed by atoms with E-state index in [9.17, 15) is 0 Å². The van der Waals surface area contributed by atoms with Gasteiger partial charge in [-0.1, -0.05) is 0 Å². The molecule has 0 fully saturated rings. The van der Waals surface area contributed by atoms with Gasteiger partial charge in [0.1, 0.15) is 28.4 Å². The predicted molar refractivity (Wildman–Crippen MR) is 98.4 cm³/mol. The molecule has 7 nitrogen and oxygen atoms in total. The summed E-state index contributed by atoms with van der Waals surface area (Å²) in [6.45, 7) is 4.07. The van der Waals surface area contributed by atoms with E-state index in [-0.39, 0.29) is 6.01 Å². The summed E-state index contributed by atoms with van der Waals surface area (Å²) in [7, 11) is 0. The molecule has 132 valence electrons. The van der Waals surface area contributed by atoms with Gasteiger partial charge in [-0.15, -0.1) is 0 Å².